The Bertz CT molecular complexity index is 382. The van der Waals surface area contributed by atoms with Gasteiger partial charge in [-0.3, -0.25) is 0 Å². The standard InChI is InChI=1S/C13H7/c1-5-9-11-13(10-6-2)12(7-3)8-4/h3-4,12-13H,2H3. The SMILES string of the molecule is [C]#CC#CC(C#CC)C(C#C)C#C. The maximum absolute atomic E-state index is 6.61. The van der Waals surface area contributed by atoms with Crippen LogP contribution in [0, 0.1) is 72.5 Å². The fourth-order valence-corrected chi connectivity index (χ4v) is 0.713. The molecule has 1 atom stereocenters. The smallest absolute Gasteiger partial charge is 0.107 e. The summed E-state index contributed by atoms with van der Waals surface area (Å²) in [6, 6.07) is 0. The van der Waals surface area contributed by atoms with Crippen LogP contribution < -0.4 is 0 Å². The lowest BCUT2D eigenvalue weighted by atomic mass is 9.95. The molecule has 59 valence electrons. The predicted octanol–water partition coefficient (Wildman–Crippen LogP) is 1.10. The van der Waals surface area contributed by atoms with E-state index in [1.165, 1.54) is 0 Å². The van der Waals surface area contributed by atoms with Crippen molar-refractivity contribution in [3.63, 3.8) is 0 Å². The predicted molar refractivity (Wildman–Crippen MR) is 53.0 cm³/mol. The molecule has 0 saturated heterocycles. The van der Waals surface area contributed by atoms with E-state index < -0.39 is 5.92 Å². The second-order valence-electron chi connectivity index (χ2n) is 2.08. The van der Waals surface area contributed by atoms with E-state index in [1.54, 1.807) is 6.92 Å². The van der Waals surface area contributed by atoms with Crippen molar-refractivity contribution >= 4 is 0 Å². The highest BCUT2D eigenvalue weighted by molar-refractivity contribution is 5.32. The van der Waals surface area contributed by atoms with Crippen molar-refractivity contribution in [2.24, 2.45) is 11.8 Å². The number of hydrogen-bond donors (Lipinski definition) is 0. The highest BCUT2D eigenvalue weighted by Crippen LogP contribution is 2.07. The van der Waals surface area contributed by atoms with Crippen molar-refractivity contribution in [1.29, 1.82) is 0 Å². The van der Waals surface area contributed by atoms with Gasteiger partial charge in [-0.05, 0) is 25.2 Å². The first-order valence-electron chi connectivity index (χ1n) is 3.57. The summed E-state index contributed by atoms with van der Waals surface area (Å²) in [6.07, 6.45) is 17.0. The Labute approximate surface area is 80.1 Å². The van der Waals surface area contributed by atoms with E-state index in [9.17, 15) is 0 Å². The molecule has 0 bridgehead atoms. The maximum atomic E-state index is 6.61. The molecule has 0 aromatic rings. The van der Waals surface area contributed by atoms with Crippen molar-refractivity contribution in [1.82, 2.24) is 0 Å². The molecule has 1 unspecified atom stereocenters. The Balaban J connectivity index is 4.83. The molecule has 0 spiro atoms. The zero-order valence-electron chi connectivity index (χ0n) is 7.31. The molecule has 0 nitrogen and oxygen atoms in total. The van der Waals surface area contributed by atoms with Crippen molar-refractivity contribution in [3.05, 3.63) is 6.42 Å². The van der Waals surface area contributed by atoms with E-state index in [1.807, 2.05) is 5.92 Å². The first-order valence-corrected chi connectivity index (χ1v) is 3.57. The van der Waals surface area contributed by atoms with Crippen LogP contribution in [0.3, 0.4) is 0 Å². The van der Waals surface area contributed by atoms with Gasteiger partial charge >= 0.3 is 0 Å². The molecular formula is C13H7. The van der Waals surface area contributed by atoms with Crippen LogP contribution in [0.5, 0.6) is 0 Å². The van der Waals surface area contributed by atoms with Crippen LogP contribution in [-0.2, 0) is 0 Å². The summed E-state index contributed by atoms with van der Waals surface area (Å²) in [4.78, 5) is 0. The van der Waals surface area contributed by atoms with Crippen molar-refractivity contribution in [3.8, 4) is 54.3 Å². The summed E-state index contributed by atoms with van der Waals surface area (Å²) in [7, 11) is 0. The van der Waals surface area contributed by atoms with Crippen LogP contribution in [0.2, 0.25) is 0 Å². The Morgan fingerprint density at radius 2 is 1.69 bits per heavy atom. The van der Waals surface area contributed by atoms with Crippen LogP contribution in [0.15, 0.2) is 0 Å². The second kappa shape index (κ2) is 6.51. The second-order valence-corrected chi connectivity index (χ2v) is 2.08. The fourth-order valence-electron chi connectivity index (χ4n) is 0.713. The molecule has 0 fully saturated rings. The van der Waals surface area contributed by atoms with Gasteiger partial charge in [-0.25, -0.2) is 0 Å². The van der Waals surface area contributed by atoms with Gasteiger partial charge in [0.05, 0.1) is 0 Å². The minimum Gasteiger partial charge on any atom is -0.119 e. The van der Waals surface area contributed by atoms with Gasteiger partial charge in [-0.2, -0.15) is 0 Å². The average Bonchev–Trinajstić information content (AvgIpc) is 2.16. The van der Waals surface area contributed by atoms with Crippen molar-refractivity contribution in [2.75, 3.05) is 0 Å². The van der Waals surface area contributed by atoms with Crippen molar-refractivity contribution in [2.45, 2.75) is 6.92 Å². The zero-order chi connectivity index (χ0) is 10.1. The minimum atomic E-state index is -0.423. The third-order valence-corrected chi connectivity index (χ3v) is 1.28. The summed E-state index contributed by atoms with van der Waals surface area (Å²) in [6.45, 7) is 1.69. The lowest BCUT2D eigenvalue weighted by molar-refractivity contribution is 0.768. The molecule has 0 aromatic heterocycles. The highest BCUT2D eigenvalue weighted by atomic mass is 14.1. The summed E-state index contributed by atoms with van der Waals surface area (Å²) < 4.78 is 0. The Hall–Kier alpha value is -2.20. The third-order valence-electron chi connectivity index (χ3n) is 1.28. The lowest BCUT2D eigenvalue weighted by Crippen LogP contribution is -2.06. The van der Waals surface area contributed by atoms with E-state index in [0.717, 1.165) is 0 Å². The van der Waals surface area contributed by atoms with E-state index >= 15 is 0 Å². The number of rotatable bonds is 1. The number of terminal acetylenes is 2. The van der Waals surface area contributed by atoms with Crippen LogP contribution in [0.1, 0.15) is 6.92 Å². The Morgan fingerprint density at radius 1 is 1.08 bits per heavy atom. The van der Waals surface area contributed by atoms with Gasteiger partial charge in [0, 0.05) is 0 Å². The van der Waals surface area contributed by atoms with Gasteiger partial charge in [-0.1, -0.05) is 23.7 Å². The molecular weight excluding hydrogens is 156 g/mol. The summed E-state index contributed by atoms with van der Waals surface area (Å²) in [5, 5.41) is 0. The molecule has 0 aliphatic heterocycles. The lowest BCUT2D eigenvalue weighted by Gasteiger charge is -2.03. The monoisotopic (exact) mass is 163 g/mol. The van der Waals surface area contributed by atoms with Crippen LogP contribution in [0.25, 0.3) is 0 Å². The van der Waals surface area contributed by atoms with Gasteiger partial charge in [0.15, 0.2) is 0 Å². The van der Waals surface area contributed by atoms with Crippen molar-refractivity contribution < 1.29 is 0 Å². The largest absolute Gasteiger partial charge is 0.119 e. The molecule has 0 aliphatic rings. The first-order chi connectivity index (χ1) is 6.29. The summed E-state index contributed by atoms with van der Waals surface area (Å²) >= 11 is 0. The van der Waals surface area contributed by atoms with E-state index in [4.69, 9.17) is 19.3 Å². The Kier molecular flexibility index (Phi) is 5.41. The third kappa shape index (κ3) is 3.64. The van der Waals surface area contributed by atoms with E-state index in [0.29, 0.717) is 0 Å². The minimum absolute atomic E-state index is 0.363. The van der Waals surface area contributed by atoms with Crippen LogP contribution in [0.4, 0.5) is 0 Å². The molecule has 0 heteroatoms. The molecule has 0 aliphatic carbocycles. The molecule has 0 amide bonds. The molecule has 0 N–H and O–H groups in total. The molecule has 0 heterocycles. The Morgan fingerprint density at radius 3 is 2.08 bits per heavy atom. The van der Waals surface area contributed by atoms with Gasteiger partial charge in [-0.15, -0.1) is 18.8 Å². The summed E-state index contributed by atoms with van der Waals surface area (Å²) in [5.74, 6) is 16.5. The molecule has 0 rings (SSSR count). The topological polar surface area (TPSA) is 0 Å². The van der Waals surface area contributed by atoms with Gasteiger partial charge < -0.3 is 0 Å². The van der Waals surface area contributed by atoms with Gasteiger partial charge in [0.1, 0.15) is 11.8 Å². The zero-order valence-corrected chi connectivity index (χ0v) is 7.31. The van der Waals surface area contributed by atoms with E-state index in [-0.39, 0.29) is 5.92 Å². The van der Waals surface area contributed by atoms with Crippen LogP contribution in [-0.4, -0.2) is 0 Å². The van der Waals surface area contributed by atoms with Crippen LogP contribution >= 0.6 is 0 Å². The molecule has 1 radical (unpaired) electrons. The number of hydrogen-bond acceptors (Lipinski definition) is 0. The first kappa shape index (κ1) is 10.8. The average molecular weight is 163 g/mol. The fraction of sp³-hybridized carbons (Fsp3) is 0.231. The summed E-state index contributed by atoms with van der Waals surface area (Å²) in [5.41, 5.74) is 0. The highest BCUT2D eigenvalue weighted by Gasteiger charge is 2.11. The molecule has 0 aromatic carbocycles. The molecule has 13 heavy (non-hydrogen) atoms. The van der Waals surface area contributed by atoms with Gasteiger partial charge in [0.25, 0.3) is 0 Å². The normalized spacial score (nSPS) is 8.85. The van der Waals surface area contributed by atoms with Gasteiger partial charge in [0.2, 0.25) is 0 Å². The van der Waals surface area contributed by atoms with E-state index in [2.05, 4.69) is 35.5 Å². The quantitative estimate of drug-likeness (QED) is 0.508. The molecule has 0 saturated carbocycles. The maximum Gasteiger partial charge on any atom is 0.107 e.